The summed E-state index contributed by atoms with van der Waals surface area (Å²) < 4.78 is 27.8. The fourth-order valence-corrected chi connectivity index (χ4v) is 8.87. The van der Waals surface area contributed by atoms with Gasteiger partial charge in [0.15, 0.2) is 5.79 Å². The van der Waals surface area contributed by atoms with Crippen molar-refractivity contribution < 1.29 is 18.7 Å². The number of aldehydes is 1. The van der Waals surface area contributed by atoms with Gasteiger partial charge >= 0.3 is 0 Å². The van der Waals surface area contributed by atoms with E-state index in [0.29, 0.717) is 43.3 Å². The van der Waals surface area contributed by atoms with Crippen molar-refractivity contribution in [2.24, 2.45) is 46.3 Å². The van der Waals surface area contributed by atoms with Crippen molar-refractivity contribution in [2.75, 3.05) is 13.2 Å². The standard InChI is InChI=1S/C24H37FO3/c1-15(14-26)17-4-5-18-21-19(6-7-23(17,18)3)22(2)8-9-24(27-10-11-28-24)13-16(22)12-20(21)25/h14-21H,4-13H2,1-3H3/t15-,16+,17-,18+,19+,20+,21+,22+,23-/m1/s1. The Balaban J connectivity index is 1.42. The molecule has 28 heavy (non-hydrogen) atoms. The van der Waals surface area contributed by atoms with Crippen LogP contribution in [0.15, 0.2) is 0 Å². The van der Waals surface area contributed by atoms with E-state index >= 15 is 4.39 Å². The van der Waals surface area contributed by atoms with E-state index in [4.69, 9.17) is 9.47 Å². The van der Waals surface area contributed by atoms with E-state index in [1.54, 1.807) is 0 Å². The monoisotopic (exact) mass is 392 g/mol. The van der Waals surface area contributed by atoms with Gasteiger partial charge in [-0.1, -0.05) is 20.8 Å². The highest BCUT2D eigenvalue weighted by Crippen LogP contribution is 2.69. The molecule has 3 nitrogen and oxygen atoms in total. The Morgan fingerprint density at radius 1 is 1.00 bits per heavy atom. The zero-order valence-electron chi connectivity index (χ0n) is 17.8. The summed E-state index contributed by atoms with van der Waals surface area (Å²) in [4.78, 5) is 11.5. The molecule has 5 aliphatic rings. The van der Waals surface area contributed by atoms with Crippen LogP contribution in [-0.4, -0.2) is 31.5 Å². The van der Waals surface area contributed by atoms with Gasteiger partial charge in [0.1, 0.15) is 12.5 Å². The van der Waals surface area contributed by atoms with Gasteiger partial charge in [-0.05, 0) is 78.9 Å². The average Bonchev–Trinajstić information content (AvgIpc) is 3.27. The van der Waals surface area contributed by atoms with Crippen LogP contribution in [0.5, 0.6) is 0 Å². The van der Waals surface area contributed by atoms with Crippen LogP contribution in [0.2, 0.25) is 0 Å². The number of halogens is 1. The molecule has 1 saturated heterocycles. The molecule has 0 radical (unpaired) electrons. The van der Waals surface area contributed by atoms with Crippen LogP contribution in [0, 0.1) is 46.3 Å². The minimum atomic E-state index is -0.713. The Morgan fingerprint density at radius 2 is 1.71 bits per heavy atom. The Kier molecular flexibility index (Phi) is 4.53. The summed E-state index contributed by atoms with van der Waals surface area (Å²) in [7, 11) is 0. The quantitative estimate of drug-likeness (QED) is 0.608. The van der Waals surface area contributed by atoms with Crippen molar-refractivity contribution in [1.82, 2.24) is 0 Å². The molecule has 0 aromatic rings. The Hall–Kier alpha value is -0.480. The lowest BCUT2D eigenvalue weighted by molar-refractivity contribution is -0.237. The maximum Gasteiger partial charge on any atom is 0.168 e. The number of carbonyl (C=O) groups is 1. The molecule has 5 rings (SSSR count). The second-order valence-corrected chi connectivity index (χ2v) is 11.3. The normalized spacial score (nSPS) is 53.3. The van der Waals surface area contributed by atoms with Gasteiger partial charge in [-0.3, -0.25) is 0 Å². The molecule has 158 valence electrons. The first-order chi connectivity index (χ1) is 13.3. The van der Waals surface area contributed by atoms with Gasteiger partial charge < -0.3 is 14.3 Å². The van der Waals surface area contributed by atoms with Crippen molar-refractivity contribution in [1.29, 1.82) is 0 Å². The lowest BCUT2D eigenvalue weighted by Gasteiger charge is -2.62. The molecule has 0 aromatic heterocycles. The SMILES string of the molecule is C[C@H](C=O)[C@H]1CC[C@H]2[C@@H]3[C@@H](F)C[C@H]4CC5(CC[C@]4(C)[C@H]3CC[C@]12C)OCCO5. The first-order valence-electron chi connectivity index (χ1n) is 11.7. The third kappa shape index (κ3) is 2.55. The highest BCUT2D eigenvalue weighted by Gasteiger charge is 2.64. The Bertz CT molecular complexity index is 631. The summed E-state index contributed by atoms with van der Waals surface area (Å²) >= 11 is 0. The number of carbonyl (C=O) groups excluding carboxylic acids is 1. The molecule has 4 heteroatoms. The van der Waals surface area contributed by atoms with Crippen molar-refractivity contribution in [3.05, 3.63) is 0 Å². The Morgan fingerprint density at radius 3 is 2.43 bits per heavy atom. The van der Waals surface area contributed by atoms with E-state index in [9.17, 15) is 4.79 Å². The van der Waals surface area contributed by atoms with Gasteiger partial charge in [-0.25, -0.2) is 4.39 Å². The van der Waals surface area contributed by atoms with Crippen molar-refractivity contribution >= 4 is 6.29 Å². The number of hydrogen-bond donors (Lipinski definition) is 0. The van der Waals surface area contributed by atoms with Gasteiger partial charge in [0.05, 0.1) is 13.2 Å². The molecule has 1 heterocycles. The maximum absolute atomic E-state index is 15.8. The zero-order chi connectivity index (χ0) is 19.7. The topological polar surface area (TPSA) is 35.5 Å². The third-order valence-corrected chi connectivity index (χ3v) is 10.4. The van der Waals surface area contributed by atoms with Gasteiger partial charge in [0.2, 0.25) is 0 Å². The van der Waals surface area contributed by atoms with Crippen LogP contribution in [-0.2, 0) is 14.3 Å². The minimum absolute atomic E-state index is 0.0998. The van der Waals surface area contributed by atoms with E-state index in [1.165, 1.54) is 0 Å². The van der Waals surface area contributed by atoms with E-state index in [0.717, 1.165) is 51.2 Å². The van der Waals surface area contributed by atoms with E-state index in [-0.39, 0.29) is 22.7 Å². The highest BCUT2D eigenvalue weighted by atomic mass is 19.1. The van der Waals surface area contributed by atoms with Crippen LogP contribution in [0.4, 0.5) is 4.39 Å². The zero-order valence-corrected chi connectivity index (χ0v) is 17.8. The van der Waals surface area contributed by atoms with Gasteiger partial charge in [0, 0.05) is 18.8 Å². The maximum atomic E-state index is 15.8. The summed E-state index contributed by atoms with van der Waals surface area (Å²) in [5.41, 5.74) is 0.353. The molecule has 0 aromatic carbocycles. The summed E-state index contributed by atoms with van der Waals surface area (Å²) in [6.07, 6.45) is 8.53. The summed E-state index contributed by atoms with van der Waals surface area (Å²) in [6, 6.07) is 0. The molecule has 1 spiro atoms. The summed E-state index contributed by atoms with van der Waals surface area (Å²) in [5, 5.41) is 0. The van der Waals surface area contributed by atoms with Crippen molar-refractivity contribution in [2.45, 2.75) is 84.1 Å². The molecule has 1 aliphatic heterocycles. The molecule has 9 atom stereocenters. The number of fused-ring (bicyclic) bond motifs is 5. The fourth-order valence-electron chi connectivity index (χ4n) is 8.87. The van der Waals surface area contributed by atoms with Gasteiger partial charge in [0.25, 0.3) is 0 Å². The molecular formula is C24H37FO3. The van der Waals surface area contributed by atoms with E-state index in [2.05, 4.69) is 20.8 Å². The second-order valence-electron chi connectivity index (χ2n) is 11.3. The molecule has 0 amide bonds. The predicted molar refractivity (Wildman–Crippen MR) is 105 cm³/mol. The molecule has 0 unspecified atom stereocenters. The Labute approximate surface area is 169 Å². The largest absolute Gasteiger partial charge is 0.348 e. The number of alkyl halides is 1. The molecule has 0 N–H and O–H groups in total. The smallest absolute Gasteiger partial charge is 0.168 e. The fraction of sp³-hybridized carbons (Fsp3) is 0.958. The predicted octanol–water partition coefficient (Wildman–Crippen LogP) is 5.17. The van der Waals surface area contributed by atoms with Crippen LogP contribution >= 0.6 is 0 Å². The second kappa shape index (κ2) is 6.51. The number of ether oxygens (including phenoxy) is 2. The van der Waals surface area contributed by atoms with Crippen LogP contribution in [0.1, 0.15) is 72.1 Å². The van der Waals surface area contributed by atoms with Crippen LogP contribution < -0.4 is 0 Å². The summed E-state index contributed by atoms with van der Waals surface area (Å²) in [5.74, 6) is 1.59. The van der Waals surface area contributed by atoms with Crippen molar-refractivity contribution in [3.8, 4) is 0 Å². The number of rotatable bonds is 2. The first-order valence-corrected chi connectivity index (χ1v) is 11.7. The van der Waals surface area contributed by atoms with Gasteiger partial charge in [-0.2, -0.15) is 0 Å². The minimum Gasteiger partial charge on any atom is -0.348 e. The molecule has 0 bridgehead atoms. The lowest BCUT2D eigenvalue weighted by Crippen LogP contribution is -2.59. The molecular weight excluding hydrogens is 355 g/mol. The third-order valence-electron chi connectivity index (χ3n) is 10.4. The molecule has 4 aliphatic carbocycles. The molecule has 5 fully saturated rings. The average molecular weight is 393 g/mol. The number of hydrogen-bond acceptors (Lipinski definition) is 3. The van der Waals surface area contributed by atoms with Crippen LogP contribution in [0.25, 0.3) is 0 Å². The van der Waals surface area contributed by atoms with Gasteiger partial charge in [-0.15, -0.1) is 0 Å². The molecule has 4 saturated carbocycles. The highest BCUT2D eigenvalue weighted by molar-refractivity contribution is 5.53. The lowest BCUT2D eigenvalue weighted by atomic mass is 9.43. The van der Waals surface area contributed by atoms with E-state index < -0.39 is 12.0 Å². The first kappa shape index (κ1) is 19.5. The van der Waals surface area contributed by atoms with Crippen molar-refractivity contribution in [3.63, 3.8) is 0 Å². The summed E-state index contributed by atoms with van der Waals surface area (Å²) in [6.45, 7) is 8.27. The van der Waals surface area contributed by atoms with Crippen LogP contribution in [0.3, 0.4) is 0 Å². The van der Waals surface area contributed by atoms with E-state index in [1.807, 2.05) is 0 Å².